The molecule has 0 unspecified atom stereocenters. The van der Waals surface area contributed by atoms with Crippen molar-refractivity contribution in [2.24, 2.45) is 0 Å². The number of rotatable bonds is 15. The predicted octanol–water partition coefficient (Wildman–Crippen LogP) is 3.13. The van der Waals surface area contributed by atoms with Gasteiger partial charge in [-0.05, 0) is 32.1 Å². The van der Waals surface area contributed by atoms with Crippen LogP contribution in [0.5, 0.6) is 0 Å². The van der Waals surface area contributed by atoms with Gasteiger partial charge in [-0.2, -0.15) is 0 Å². The van der Waals surface area contributed by atoms with Crippen LogP contribution in [0.3, 0.4) is 0 Å². The van der Waals surface area contributed by atoms with Crippen molar-refractivity contribution < 1.29 is 36.1 Å². The summed E-state index contributed by atoms with van der Waals surface area (Å²) in [6.07, 6.45) is 23.2. The second kappa shape index (κ2) is 22.0. The molecule has 1 nitrogen and oxygen atoms in total. The Kier molecular flexibility index (Phi) is 25.3. The third-order valence-corrected chi connectivity index (χ3v) is 3.67. The fourth-order valence-corrected chi connectivity index (χ4v) is 2.36. The van der Waals surface area contributed by atoms with E-state index in [1.54, 1.807) is 0 Å². The van der Waals surface area contributed by atoms with Crippen LogP contribution in [0.4, 0.5) is 0 Å². The summed E-state index contributed by atoms with van der Waals surface area (Å²) >= 11 is 0. The first kappa shape index (κ1) is 23.0. The van der Waals surface area contributed by atoms with Crippen molar-refractivity contribution in [1.29, 1.82) is 0 Å². The molecule has 0 aliphatic carbocycles. The Morgan fingerprint density at radius 1 is 0.650 bits per heavy atom. The van der Waals surface area contributed by atoms with Crippen molar-refractivity contribution in [1.82, 2.24) is 0 Å². The molecule has 0 bridgehead atoms. The van der Waals surface area contributed by atoms with E-state index < -0.39 is 0 Å². The normalized spacial score (nSPS) is 10.9. The van der Waals surface area contributed by atoms with Crippen molar-refractivity contribution in [2.45, 2.75) is 96.8 Å². The molecule has 2 heteroatoms. The summed E-state index contributed by atoms with van der Waals surface area (Å²) in [6.45, 7) is 2.64. The molecule has 0 aromatic carbocycles. The summed E-state index contributed by atoms with van der Waals surface area (Å²) in [5, 5.41) is 8.66. The van der Waals surface area contributed by atoms with Gasteiger partial charge in [-0.25, -0.2) is 0 Å². The average Bonchev–Trinajstić information content (AvgIpc) is 2.43. The van der Waals surface area contributed by atoms with Crippen LogP contribution in [0.15, 0.2) is 12.2 Å². The fraction of sp³-hybridized carbons (Fsp3) is 0.889. The third-order valence-electron chi connectivity index (χ3n) is 3.67. The Balaban J connectivity index is -0.00000162. The van der Waals surface area contributed by atoms with E-state index in [4.69, 9.17) is 5.11 Å². The van der Waals surface area contributed by atoms with Crippen molar-refractivity contribution in [3.05, 3.63) is 12.2 Å². The molecule has 0 spiro atoms. The number of unbranched alkanes of at least 4 members (excludes halogenated alkanes) is 12. The molecular formula is C18H37NaO. The average molecular weight is 292 g/mol. The van der Waals surface area contributed by atoms with Crippen molar-refractivity contribution in [3.8, 4) is 0 Å². The van der Waals surface area contributed by atoms with Gasteiger partial charge in [0.15, 0.2) is 0 Å². The minimum atomic E-state index is 0. The Labute approximate surface area is 151 Å². The molecule has 0 heterocycles. The smallest absolute Gasteiger partial charge is 1.00 e. The van der Waals surface area contributed by atoms with Crippen LogP contribution in [0.1, 0.15) is 98.2 Å². The fourth-order valence-electron chi connectivity index (χ4n) is 2.36. The molecule has 0 atom stereocenters. The van der Waals surface area contributed by atoms with Crippen LogP contribution in [0, 0.1) is 0 Å². The Bertz CT molecular complexity index is 186. The van der Waals surface area contributed by atoms with E-state index in [1.165, 1.54) is 83.5 Å². The number of hydrogen-bond donors (Lipinski definition) is 1. The van der Waals surface area contributed by atoms with Gasteiger partial charge >= 0.3 is 29.6 Å². The largest absolute Gasteiger partial charge is 1.00 e. The van der Waals surface area contributed by atoms with Crippen LogP contribution >= 0.6 is 0 Å². The van der Waals surface area contributed by atoms with E-state index in [0.717, 1.165) is 6.42 Å². The first-order valence-electron chi connectivity index (χ1n) is 8.67. The zero-order valence-corrected chi connectivity index (χ0v) is 16.2. The van der Waals surface area contributed by atoms with Crippen LogP contribution in [0.25, 0.3) is 0 Å². The predicted molar refractivity (Wildman–Crippen MR) is 87.6 cm³/mol. The minimum Gasteiger partial charge on any atom is -1.00 e. The molecule has 0 radical (unpaired) electrons. The monoisotopic (exact) mass is 292 g/mol. The zero-order valence-electron chi connectivity index (χ0n) is 15.2. The molecule has 0 fully saturated rings. The Morgan fingerprint density at radius 3 is 1.50 bits per heavy atom. The number of allylic oxidation sites excluding steroid dienone is 2. The van der Waals surface area contributed by atoms with Crippen molar-refractivity contribution >= 4 is 0 Å². The summed E-state index contributed by atoms with van der Waals surface area (Å²) < 4.78 is 0. The quantitative estimate of drug-likeness (QED) is 0.279. The van der Waals surface area contributed by atoms with Crippen molar-refractivity contribution in [2.75, 3.05) is 6.61 Å². The topological polar surface area (TPSA) is 20.2 Å². The first-order chi connectivity index (χ1) is 9.41. The van der Waals surface area contributed by atoms with Gasteiger partial charge in [-0.1, -0.05) is 76.9 Å². The molecule has 0 amide bonds. The summed E-state index contributed by atoms with van der Waals surface area (Å²) in [4.78, 5) is 0. The summed E-state index contributed by atoms with van der Waals surface area (Å²) in [7, 11) is 0. The standard InChI is InChI=1S/C18H36O.Na.H/c1-2-3-4-5-6-7-8-9-10-11-12-13-14-15-16-17-18-19;;/h9-10,19H,2-8,11-18H2,1H3;;/q;+1;-1. The minimum absolute atomic E-state index is 0. The van der Waals surface area contributed by atoms with Crippen LogP contribution < -0.4 is 29.6 Å². The van der Waals surface area contributed by atoms with Gasteiger partial charge in [0, 0.05) is 6.61 Å². The van der Waals surface area contributed by atoms with Gasteiger partial charge in [0.05, 0.1) is 0 Å². The van der Waals surface area contributed by atoms with E-state index >= 15 is 0 Å². The van der Waals surface area contributed by atoms with Crippen LogP contribution in [0.2, 0.25) is 0 Å². The van der Waals surface area contributed by atoms with E-state index in [0.29, 0.717) is 6.61 Å². The van der Waals surface area contributed by atoms with Gasteiger partial charge in [0.2, 0.25) is 0 Å². The molecule has 0 rings (SSSR count). The molecule has 0 aromatic rings. The molecule has 0 aromatic heterocycles. The third kappa shape index (κ3) is 21.0. The second-order valence-electron chi connectivity index (χ2n) is 5.66. The number of aliphatic hydroxyl groups excluding tert-OH is 1. The maximum Gasteiger partial charge on any atom is 1.00 e. The van der Waals surface area contributed by atoms with Gasteiger partial charge in [0.1, 0.15) is 0 Å². The van der Waals surface area contributed by atoms with Crippen LogP contribution in [-0.2, 0) is 0 Å². The first-order valence-corrected chi connectivity index (χ1v) is 8.67. The maximum absolute atomic E-state index is 8.66. The summed E-state index contributed by atoms with van der Waals surface area (Å²) in [5.41, 5.74) is 0. The molecular weight excluding hydrogens is 255 g/mol. The van der Waals surface area contributed by atoms with Gasteiger partial charge in [-0.3, -0.25) is 0 Å². The van der Waals surface area contributed by atoms with Gasteiger partial charge in [0.25, 0.3) is 0 Å². The Morgan fingerprint density at radius 2 is 1.05 bits per heavy atom. The summed E-state index contributed by atoms with van der Waals surface area (Å²) in [5.74, 6) is 0. The van der Waals surface area contributed by atoms with Gasteiger partial charge < -0.3 is 6.53 Å². The zero-order chi connectivity index (χ0) is 14.0. The SMILES string of the molecule is CCCCCCCCC=CCCCCCCCCO.[H-].[Na+]. The van der Waals surface area contributed by atoms with E-state index in [-0.39, 0.29) is 31.0 Å². The Hall–Kier alpha value is 0.700. The van der Waals surface area contributed by atoms with E-state index in [2.05, 4.69) is 19.1 Å². The molecule has 0 saturated carbocycles. The molecule has 20 heavy (non-hydrogen) atoms. The van der Waals surface area contributed by atoms with Crippen molar-refractivity contribution in [3.63, 3.8) is 0 Å². The molecule has 0 saturated heterocycles. The van der Waals surface area contributed by atoms with E-state index in [1.807, 2.05) is 0 Å². The number of hydrogen-bond acceptors (Lipinski definition) is 1. The second-order valence-corrected chi connectivity index (χ2v) is 5.66. The van der Waals surface area contributed by atoms with Crippen LogP contribution in [-0.4, -0.2) is 11.7 Å². The molecule has 116 valence electrons. The van der Waals surface area contributed by atoms with E-state index in [9.17, 15) is 0 Å². The maximum atomic E-state index is 8.66. The molecule has 1 N–H and O–H groups in total. The molecule has 0 aliphatic rings. The molecule has 0 aliphatic heterocycles. The van der Waals surface area contributed by atoms with Gasteiger partial charge in [-0.15, -0.1) is 0 Å². The number of aliphatic hydroxyl groups is 1. The summed E-state index contributed by atoms with van der Waals surface area (Å²) in [6, 6.07) is 0.